The van der Waals surface area contributed by atoms with Gasteiger partial charge in [0.2, 0.25) is 6.41 Å². The predicted molar refractivity (Wildman–Crippen MR) is 59.8 cm³/mol. The third-order valence-electron chi connectivity index (χ3n) is 2.70. The number of amides is 1. The maximum Gasteiger partial charge on any atom is 0.211 e. The monoisotopic (exact) mass is 205 g/mol. The van der Waals surface area contributed by atoms with Crippen LogP contribution in [0.2, 0.25) is 0 Å². The number of aromatic nitrogens is 1. The fourth-order valence-electron chi connectivity index (χ4n) is 1.91. The summed E-state index contributed by atoms with van der Waals surface area (Å²) in [5.41, 5.74) is 0.724. The number of hydrogen-bond donors (Lipinski definition) is 2. The molecule has 0 aromatic carbocycles. The van der Waals surface area contributed by atoms with E-state index >= 15 is 0 Å². The highest BCUT2D eigenvalue weighted by atomic mass is 16.1. The molecule has 0 bridgehead atoms. The molecule has 2 rings (SSSR count). The molecule has 2 N–H and O–H groups in total. The zero-order chi connectivity index (χ0) is 10.5. The molecular formula is C11H15N3O. The second kappa shape index (κ2) is 4.77. The Morgan fingerprint density at radius 1 is 1.33 bits per heavy atom. The summed E-state index contributed by atoms with van der Waals surface area (Å²) in [6.07, 6.45) is 7.39. The van der Waals surface area contributed by atoms with Gasteiger partial charge in [0.1, 0.15) is 5.82 Å². The Bertz CT molecular complexity index is 317. The molecule has 80 valence electrons. The van der Waals surface area contributed by atoms with Gasteiger partial charge in [-0.05, 0) is 25.0 Å². The van der Waals surface area contributed by atoms with Gasteiger partial charge in [0, 0.05) is 6.04 Å². The number of nitrogens with one attached hydrogen (secondary N) is 2. The molecular weight excluding hydrogens is 190 g/mol. The molecule has 15 heavy (non-hydrogen) atoms. The molecule has 1 heterocycles. The molecule has 1 aliphatic rings. The molecule has 1 aromatic rings. The standard InChI is InChI=1S/C11H15N3O/c15-8-13-10-5-6-11(12-7-10)14-9-3-1-2-4-9/h5-9H,1-4H2,(H,12,14)(H,13,15). The van der Waals surface area contributed by atoms with E-state index < -0.39 is 0 Å². The van der Waals surface area contributed by atoms with Crippen molar-refractivity contribution in [3.63, 3.8) is 0 Å². The largest absolute Gasteiger partial charge is 0.367 e. The first-order valence-electron chi connectivity index (χ1n) is 5.31. The van der Waals surface area contributed by atoms with Crippen molar-refractivity contribution < 1.29 is 4.79 Å². The number of rotatable bonds is 4. The smallest absolute Gasteiger partial charge is 0.211 e. The molecule has 1 fully saturated rings. The lowest BCUT2D eigenvalue weighted by atomic mass is 10.2. The zero-order valence-corrected chi connectivity index (χ0v) is 8.57. The number of nitrogens with zero attached hydrogens (tertiary/aromatic N) is 1. The van der Waals surface area contributed by atoms with E-state index in [0.717, 1.165) is 11.5 Å². The molecule has 1 aromatic heterocycles. The fourth-order valence-corrected chi connectivity index (χ4v) is 1.91. The van der Waals surface area contributed by atoms with Crippen molar-refractivity contribution in [2.24, 2.45) is 0 Å². The van der Waals surface area contributed by atoms with Crippen LogP contribution in [0.25, 0.3) is 0 Å². The average molecular weight is 205 g/mol. The van der Waals surface area contributed by atoms with Gasteiger partial charge in [-0.25, -0.2) is 4.98 Å². The number of hydrogen-bond acceptors (Lipinski definition) is 3. The van der Waals surface area contributed by atoms with Crippen molar-refractivity contribution in [3.8, 4) is 0 Å². The minimum Gasteiger partial charge on any atom is -0.367 e. The SMILES string of the molecule is O=CNc1ccc(NC2CCCC2)nc1. The van der Waals surface area contributed by atoms with Gasteiger partial charge >= 0.3 is 0 Å². The summed E-state index contributed by atoms with van der Waals surface area (Å²) in [6.45, 7) is 0. The zero-order valence-electron chi connectivity index (χ0n) is 8.57. The maximum atomic E-state index is 10.2. The van der Waals surface area contributed by atoms with Crippen molar-refractivity contribution in [1.29, 1.82) is 0 Å². The van der Waals surface area contributed by atoms with Crippen molar-refractivity contribution >= 4 is 17.9 Å². The highest BCUT2D eigenvalue weighted by molar-refractivity contribution is 5.70. The normalized spacial score (nSPS) is 16.3. The maximum absolute atomic E-state index is 10.2. The summed E-state index contributed by atoms with van der Waals surface area (Å²) in [5.74, 6) is 0.887. The third kappa shape index (κ3) is 2.68. The van der Waals surface area contributed by atoms with Crippen LogP contribution >= 0.6 is 0 Å². The van der Waals surface area contributed by atoms with E-state index in [9.17, 15) is 4.79 Å². The van der Waals surface area contributed by atoms with Gasteiger partial charge in [0.25, 0.3) is 0 Å². The van der Waals surface area contributed by atoms with Gasteiger partial charge in [-0.2, -0.15) is 0 Å². The van der Waals surface area contributed by atoms with Crippen LogP contribution in [0.5, 0.6) is 0 Å². The predicted octanol–water partition coefficient (Wildman–Crippen LogP) is 2.00. The van der Waals surface area contributed by atoms with Crippen LogP contribution in [0.15, 0.2) is 18.3 Å². The highest BCUT2D eigenvalue weighted by Gasteiger charge is 2.14. The first-order chi connectivity index (χ1) is 7.38. The molecule has 0 saturated heterocycles. The topological polar surface area (TPSA) is 54.0 Å². The fraction of sp³-hybridized carbons (Fsp3) is 0.455. The quantitative estimate of drug-likeness (QED) is 0.739. The second-order valence-electron chi connectivity index (χ2n) is 3.82. The van der Waals surface area contributed by atoms with E-state index in [-0.39, 0.29) is 0 Å². The van der Waals surface area contributed by atoms with Crippen molar-refractivity contribution in [2.75, 3.05) is 10.6 Å². The van der Waals surface area contributed by atoms with Crippen LogP contribution in [0, 0.1) is 0 Å². The van der Waals surface area contributed by atoms with Crippen molar-refractivity contribution in [3.05, 3.63) is 18.3 Å². The molecule has 1 amide bonds. The van der Waals surface area contributed by atoms with Gasteiger partial charge in [0.05, 0.1) is 11.9 Å². The Morgan fingerprint density at radius 2 is 2.13 bits per heavy atom. The van der Waals surface area contributed by atoms with Crippen LogP contribution in [-0.4, -0.2) is 17.4 Å². The van der Waals surface area contributed by atoms with Gasteiger partial charge in [-0.1, -0.05) is 12.8 Å². The first-order valence-corrected chi connectivity index (χ1v) is 5.31. The van der Waals surface area contributed by atoms with Crippen LogP contribution in [-0.2, 0) is 4.79 Å². The summed E-state index contributed by atoms with van der Waals surface area (Å²) >= 11 is 0. The Labute approximate surface area is 89.1 Å². The summed E-state index contributed by atoms with van der Waals surface area (Å²) in [5, 5.41) is 5.94. The Morgan fingerprint density at radius 3 is 2.73 bits per heavy atom. The lowest BCUT2D eigenvalue weighted by molar-refractivity contribution is -0.105. The lowest BCUT2D eigenvalue weighted by Gasteiger charge is -2.12. The van der Waals surface area contributed by atoms with Crippen LogP contribution in [0.4, 0.5) is 11.5 Å². The Hall–Kier alpha value is -1.58. The van der Waals surface area contributed by atoms with Gasteiger partial charge in [-0.3, -0.25) is 4.79 Å². The lowest BCUT2D eigenvalue weighted by Crippen LogP contribution is -2.15. The minimum atomic E-state index is 0.572. The number of pyridine rings is 1. The van der Waals surface area contributed by atoms with E-state index in [4.69, 9.17) is 0 Å². The molecule has 0 radical (unpaired) electrons. The van der Waals surface area contributed by atoms with Gasteiger partial charge in [-0.15, -0.1) is 0 Å². The van der Waals surface area contributed by atoms with Crippen LogP contribution in [0.1, 0.15) is 25.7 Å². The average Bonchev–Trinajstić information content (AvgIpc) is 2.74. The van der Waals surface area contributed by atoms with Gasteiger partial charge < -0.3 is 10.6 Å². The molecule has 4 heteroatoms. The number of carbonyl (C=O) groups is 1. The molecule has 1 saturated carbocycles. The van der Waals surface area contributed by atoms with Gasteiger partial charge in [0.15, 0.2) is 0 Å². The molecule has 1 aliphatic carbocycles. The van der Waals surface area contributed by atoms with Crippen molar-refractivity contribution in [2.45, 2.75) is 31.7 Å². The third-order valence-corrected chi connectivity index (χ3v) is 2.70. The van der Waals surface area contributed by atoms with Crippen LogP contribution < -0.4 is 10.6 Å². The van der Waals surface area contributed by atoms with E-state index in [2.05, 4.69) is 15.6 Å². The van der Waals surface area contributed by atoms with Crippen LogP contribution in [0.3, 0.4) is 0 Å². The van der Waals surface area contributed by atoms with E-state index in [0.29, 0.717) is 12.5 Å². The molecule has 4 nitrogen and oxygen atoms in total. The molecule has 0 aliphatic heterocycles. The van der Waals surface area contributed by atoms with Crippen molar-refractivity contribution in [1.82, 2.24) is 4.98 Å². The first kappa shape index (κ1) is 9.96. The Balaban J connectivity index is 1.93. The van der Waals surface area contributed by atoms with E-state index in [1.54, 1.807) is 6.20 Å². The molecule has 0 unspecified atom stereocenters. The highest BCUT2D eigenvalue weighted by Crippen LogP contribution is 2.21. The number of anilines is 2. The summed E-state index contributed by atoms with van der Waals surface area (Å²) in [4.78, 5) is 14.4. The van der Waals surface area contributed by atoms with E-state index in [1.807, 2.05) is 12.1 Å². The molecule has 0 atom stereocenters. The summed E-state index contributed by atoms with van der Waals surface area (Å²) < 4.78 is 0. The molecule has 0 spiro atoms. The summed E-state index contributed by atoms with van der Waals surface area (Å²) in [6, 6.07) is 4.31. The number of carbonyl (C=O) groups excluding carboxylic acids is 1. The minimum absolute atomic E-state index is 0.572. The van der Waals surface area contributed by atoms with E-state index in [1.165, 1.54) is 25.7 Å². The second-order valence-corrected chi connectivity index (χ2v) is 3.82. The Kier molecular flexibility index (Phi) is 3.17. The summed E-state index contributed by atoms with van der Waals surface area (Å²) in [7, 11) is 0.